The molecule has 47 heavy (non-hydrogen) atoms. The number of carbonyl (C=O) groups excluding carboxylic acids is 2. The van der Waals surface area contributed by atoms with E-state index in [4.69, 9.17) is 25.7 Å². The number of pyridine rings is 2. The van der Waals surface area contributed by atoms with Crippen LogP contribution in [-0.4, -0.2) is 52.8 Å². The Balaban J connectivity index is 0.000000185. The van der Waals surface area contributed by atoms with Crippen molar-refractivity contribution in [3.05, 3.63) is 124 Å². The van der Waals surface area contributed by atoms with Crippen LogP contribution in [0.2, 0.25) is 0 Å². The third-order valence-corrected chi connectivity index (χ3v) is 7.96. The van der Waals surface area contributed by atoms with Crippen LogP contribution < -0.4 is 25.7 Å². The highest BCUT2D eigenvalue weighted by Gasteiger charge is 2.25. The van der Waals surface area contributed by atoms with Gasteiger partial charge in [0.1, 0.15) is 22.9 Å². The monoisotopic (exact) mass is 634 g/mol. The minimum Gasteiger partial charge on any atom is -0.495 e. The molecule has 0 amide bonds. The fourth-order valence-electron chi connectivity index (χ4n) is 5.70. The molecule has 0 radical (unpaired) electrons. The molecule has 11 heteroatoms. The van der Waals surface area contributed by atoms with Crippen molar-refractivity contribution in [1.82, 2.24) is 8.80 Å². The number of methoxy groups -OCH3 is 3. The molecule has 6 rings (SSSR count). The fraction of sp³-hybridized carbons (Fsp3) is 0.139. The number of nitrogens with two attached hydrogens (primary N) is 2. The van der Waals surface area contributed by atoms with Gasteiger partial charge in [-0.05, 0) is 80.1 Å². The molecule has 4 heterocycles. The van der Waals surface area contributed by atoms with Gasteiger partial charge in [-0.1, -0.05) is 12.1 Å². The van der Waals surface area contributed by atoms with Crippen molar-refractivity contribution < 1.29 is 33.7 Å². The Hall–Kier alpha value is -6.23. The number of anilines is 2. The van der Waals surface area contributed by atoms with Crippen molar-refractivity contribution >= 4 is 39.9 Å². The number of rotatable bonds is 8. The molecule has 4 aromatic heterocycles. The predicted molar refractivity (Wildman–Crippen MR) is 179 cm³/mol. The highest BCUT2D eigenvalue weighted by molar-refractivity contribution is 6.13. The fourth-order valence-corrected chi connectivity index (χ4v) is 5.70. The maximum absolute atomic E-state index is 13.0. The van der Waals surface area contributed by atoms with Crippen molar-refractivity contribution in [3.63, 3.8) is 0 Å². The van der Waals surface area contributed by atoms with Gasteiger partial charge in [-0.15, -0.1) is 0 Å². The first-order valence-corrected chi connectivity index (χ1v) is 14.5. The first-order chi connectivity index (χ1) is 22.5. The normalized spacial score (nSPS) is 10.7. The van der Waals surface area contributed by atoms with Crippen molar-refractivity contribution in [2.24, 2.45) is 0 Å². The topological polar surface area (TPSA) is 160 Å². The zero-order chi connectivity index (χ0) is 34.0. The molecule has 0 aliphatic heterocycles. The highest BCUT2D eigenvalue weighted by Crippen LogP contribution is 2.33. The lowest BCUT2D eigenvalue weighted by Crippen LogP contribution is -2.08. The SMILES string of the molecule is COc1cc(C(=O)c2c(C)c(C(=O)O)c3ccccn23)ccc1N.COc1cc(C(=O)c2c(C)c(OC)c3ccccn23)ccc1N. The summed E-state index contributed by atoms with van der Waals surface area (Å²) in [5.41, 5.74) is 17.0. The number of ketones is 2. The van der Waals surface area contributed by atoms with Crippen LogP contribution >= 0.6 is 0 Å². The molecule has 5 N–H and O–H groups in total. The number of ether oxygens (including phenoxy) is 3. The van der Waals surface area contributed by atoms with E-state index in [0.29, 0.717) is 62.2 Å². The number of nitrogen functional groups attached to an aromatic ring is 2. The summed E-state index contributed by atoms with van der Waals surface area (Å²) in [5.74, 6) is 0.130. The van der Waals surface area contributed by atoms with Gasteiger partial charge in [-0.25, -0.2) is 4.79 Å². The van der Waals surface area contributed by atoms with E-state index in [2.05, 4.69) is 0 Å². The average Bonchev–Trinajstić information content (AvgIpc) is 3.54. The maximum Gasteiger partial charge on any atom is 0.338 e. The van der Waals surface area contributed by atoms with Gasteiger partial charge in [0, 0.05) is 29.1 Å². The molecular formula is C36H34N4O7. The number of aromatic nitrogens is 2. The number of fused-ring (bicyclic) bond motifs is 2. The molecule has 0 unspecified atom stereocenters. The number of nitrogens with zero attached hydrogens (tertiary/aromatic N) is 2. The third kappa shape index (κ3) is 5.70. The Morgan fingerprint density at radius 1 is 0.638 bits per heavy atom. The second-order valence-electron chi connectivity index (χ2n) is 10.6. The quantitative estimate of drug-likeness (QED) is 0.138. The van der Waals surface area contributed by atoms with Crippen LogP contribution in [-0.2, 0) is 0 Å². The maximum atomic E-state index is 13.0. The number of carboxylic acid groups (broad SMARTS) is 1. The number of aromatic carboxylic acids is 1. The number of carboxylic acids is 1. The van der Waals surface area contributed by atoms with Crippen LogP contribution in [0.4, 0.5) is 11.4 Å². The van der Waals surface area contributed by atoms with Crippen LogP contribution in [0.25, 0.3) is 11.0 Å². The molecule has 0 saturated heterocycles. The molecule has 0 aliphatic carbocycles. The minimum atomic E-state index is -1.06. The van der Waals surface area contributed by atoms with Crippen LogP contribution in [0.3, 0.4) is 0 Å². The van der Waals surface area contributed by atoms with Crippen LogP contribution in [0.15, 0.2) is 85.2 Å². The second-order valence-corrected chi connectivity index (χ2v) is 10.6. The van der Waals surface area contributed by atoms with Gasteiger partial charge in [0.25, 0.3) is 0 Å². The van der Waals surface area contributed by atoms with E-state index >= 15 is 0 Å². The smallest absolute Gasteiger partial charge is 0.338 e. The lowest BCUT2D eigenvalue weighted by atomic mass is 10.0. The molecule has 0 aliphatic rings. The van der Waals surface area contributed by atoms with E-state index in [0.717, 1.165) is 11.1 Å². The Kier molecular flexibility index (Phi) is 8.91. The van der Waals surface area contributed by atoms with E-state index in [1.54, 1.807) is 79.2 Å². The number of hydrogen-bond acceptors (Lipinski definition) is 8. The number of hydrogen-bond donors (Lipinski definition) is 3. The van der Waals surface area contributed by atoms with Crippen molar-refractivity contribution in [2.75, 3.05) is 32.8 Å². The van der Waals surface area contributed by atoms with Gasteiger partial charge in [0.2, 0.25) is 11.6 Å². The zero-order valence-corrected chi connectivity index (χ0v) is 26.5. The first kappa shape index (κ1) is 32.2. The Morgan fingerprint density at radius 3 is 1.57 bits per heavy atom. The summed E-state index contributed by atoms with van der Waals surface area (Å²) >= 11 is 0. The summed E-state index contributed by atoms with van der Waals surface area (Å²) < 4.78 is 19.3. The van der Waals surface area contributed by atoms with E-state index < -0.39 is 5.97 Å². The second kappa shape index (κ2) is 13.0. The molecule has 11 nitrogen and oxygen atoms in total. The molecule has 0 spiro atoms. The molecule has 2 aromatic carbocycles. The predicted octanol–water partition coefficient (Wildman–Crippen LogP) is 5.85. The van der Waals surface area contributed by atoms with E-state index in [1.165, 1.54) is 14.2 Å². The Bertz CT molecular complexity index is 2180. The lowest BCUT2D eigenvalue weighted by Gasteiger charge is -2.08. The molecule has 0 saturated carbocycles. The van der Waals surface area contributed by atoms with E-state index in [1.807, 2.05) is 35.7 Å². The molecular weight excluding hydrogens is 600 g/mol. The lowest BCUT2D eigenvalue weighted by molar-refractivity contribution is 0.0698. The Labute approximate surface area is 270 Å². The van der Waals surface area contributed by atoms with Gasteiger partial charge in [0.15, 0.2) is 0 Å². The zero-order valence-electron chi connectivity index (χ0n) is 26.5. The summed E-state index contributed by atoms with van der Waals surface area (Å²) in [5, 5.41) is 9.49. The van der Waals surface area contributed by atoms with Crippen molar-refractivity contribution in [2.45, 2.75) is 13.8 Å². The summed E-state index contributed by atoms with van der Waals surface area (Å²) in [6.07, 6.45) is 3.53. The summed E-state index contributed by atoms with van der Waals surface area (Å²) in [6, 6.07) is 20.7. The van der Waals surface area contributed by atoms with Crippen LogP contribution in [0, 0.1) is 13.8 Å². The van der Waals surface area contributed by atoms with Crippen molar-refractivity contribution in [1.29, 1.82) is 0 Å². The third-order valence-electron chi connectivity index (χ3n) is 7.96. The number of carbonyl (C=O) groups is 3. The highest BCUT2D eigenvalue weighted by atomic mass is 16.5. The average molecular weight is 635 g/mol. The Morgan fingerprint density at radius 2 is 1.11 bits per heavy atom. The van der Waals surface area contributed by atoms with Gasteiger partial charge >= 0.3 is 5.97 Å². The molecule has 6 aromatic rings. The van der Waals surface area contributed by atoms with Crippen molar-refractivity contribution in [3.8, 4) is 17.2 Å². The standard InChI is InChI=1S/C18H16N2O4.C18H18N2O3/c1-10-15(18(22)23)13-5-3-4-8-20(13)16(10)17(21)11-6-7-12(19)14(9-11)24-2;1-11-16(20-9-5-4-6-14(20)18(11)23-3)17(21)12-7-8-13(19)15(10-12)22-2/h3-9H,19H2,1-2H3,(H,22,23);4-10H,19H2,1-3H3. The summed E-state index contributed by atoms with van der Waals surface area (Å²) in [6.45, 7) is 3.52. The van der Waals surface area contributed by atoms with Gasteiger partial charge < -0.3 is 39.6 Å². The minimum absolute atomic E-state index is 0.106. The number of benzene rings is 2. The molecule has 0 fully saturated rings. The van der Waals surface area contributed by atoms with Gasteiger partial charge in [0.05, 0.1) is 55.0 Å². The largest absolute Gasteiger partial charge is 0.495 e. The van der Waals surface area contributed by atoms with Gasteiger partial charge in [-0.3, -0.25) is 9.59 Å². The van der Waals surface area contributed by atoms with Crippen LogP contribution in [0.5, 0.6) is 17.2 Å². The molecule has 0 atom stereocenters. The summed E-state index contributed by atoms with van der Waals surface area (Å²) in [7, 11) is 4.61. The van der Waals surface area contributed by atoms with Crippen LogP contribution in [0.1, 0.15) is 53.6 Å². The first-order valence-electron chi connectivity index (χ1n) is 14.5. The van der Waals surface area contributed by atoms with E-state index in [9.17, 15) is 19.5 Å². The van der Waals surface area contributed by atoms with Gasteiger partial charge in [-0.2, -0.15) is 0 Å². The summed E-state index contributed by atoms with van der Waals surface area (Å²) in [4.78, 5) is 37.6. The van der Waals surface area contributed by atoms with E-state index in [-0.39, 0.29) is 17.1 Å². The molecule has 0 bridgehead atoms. The molecule has 240 valence electrons.